The third kappa shape index (κ3) is 5.09. The molecular formula is C21H32N4O2. The second-order valence-electron chi connectivity index (χ2n) is 7.70. The lowest BCUT2D eigenvalue weighted by molar-refractivity contribution is 0.0463. The predicted molar refractivity (Wildman–Crippen MR) is 107 cm³/mol. The van der Waals surface area contributed by atoms with E-state index in [-0.39, 0.29) is 6.61 Å². The van der Waals surface area contributed by atoms with Crippen LogP contribution in [-0.4, -0.2) is 70.4 Å². The van der Waals surface area contributed by atoms with Gasteiger partial charge in [-0.1, -0.05) is 13.8 Å². The number of nitrogens with zero attached hydrogens (tertiary/aromatic N) is 4. The van der Waals surface area contributed by atoms with Crippen LogP contribution in [0.4, 0.5) is 0 Å². The molecule has 0 saturated carbocycles. The Morgan fingerprint density at radius 2 is 2.00 bits per heavy atom. The second-order valence-corrected chi connectivity index (χ2v) is 7.70. The van der Waals surface area contributed by atoms with Crippen LogP contribution in [-0.2, 0) is 6.54 Å². The minimum atomic E-state index is 0.244. The summed E-state index contributed by atoms with van der Waals surface area (Å²) < 4.78 is 7.39. The van der Waals surface area contributed by atoms with E-state index in [9.17, 15) is 5.11 Å². The molecule has 3 rings (SSSR count). The number of benzene rings is 1. The molecule has 1 aliphatic rings. The first-order valence-electron chi connectivity index (χ1n) is 9.84. The third-order valence-electron chi connectivity index (χ3n) is 5.18. The molecule has 148 valence electrons. The number of hydrogen-bond acceptors (Lipinski definition) is 5. The largest absolute Gasteiger partial charge is 0.497 e. The van der Waals surface area contributed by atoms with Crippen molar-refractivity contribution in [3.8, 4) is 11.4 Å². The molecule has 0 unspecified atom stereocenters. The number of piperazine rings is 1. The number of aliphatic hydroxyl groups is 1. The van der Waals surface area contributed by atoms with Crippen molar-refractivity contribution in [2.24, 2.45) is 5.92 Å². The van der Waals surface area contributed by atoms with Crippen molar-refractivity contribution in [2.45, 2.75) is 32.9 Å². The van der Waals surface area contributed by atoms with Crippen LogP contribution in [0, 0.1) is 5.92 Å². The Morgan fingerprint density at radius 1 is 1.22 bits per heavy atom. The van der Waals surface area contributed by atoms with Gasteiger partial charge in [-0.2, -0.15) is 0 Å². The highest BCUT2D eigenvalue weighted by Gasteiger charge is 2.27. The van der Waals surface area contributed by atoms with Crippen LogP contribution < -0.4 is 4.74 Å². The predicted octanol–water partition coefficient (Wildman–Crippen LogP) is 2.41. The molecule has 0 radical (unpaired) electrons. The van der Waals surface area contributed by atoms with Crippen molar-refractivity contribution in [3.05, 3.63) is 42.5 Å². The fourth-order valence-electron chi connectivity index (χ4n) is 3.86. The van der Waals surface area contributed by atoms with E-state index >= 15 is 0 Å². The van der Waals surface area contributed by atoms with Crippen molar-refractivity contribution in [1.29, 1.82) is 0 Å². The first-order chi connectivity index (χ1) is 13.1. The molecular weight excluding hydrogens is 340 g/mol. The lowest BCUT2D eigenvalue weighted by Gasteiger charge is -2.42. The molecule has 1 atom stereocenters. The molecule has 1 aromatic carbocycles. The zero-order valence-electron chi connectivity index (χ0n) is 16.7. The summed E-state index contributed by atoms with van der Waals surface area (Å²) in [5.41, 5.74) is 1.09. The first kappa shape index (κ1) is 19.9. The zero-order valence-corrected chi connectivity index (χ0v) is 16.7. The van der Waals surface area contributed by atoms with Crippen LogP contribution in [0.3, 0.4) is 0 Å². The van der Waals surface area contributed by atoms with Gasteiger partial charge in [0.25, 0.3) is 0 Å². The van der Waals surface area contributed by atoms with Gasteiger partial charge in [0.05, 0.1) is 13.7 Å². The van der Waals surface area contributed by atoms with E-state index < -0.39 is 0 Å². The molecule has 1 saturated heterocycles. The van der Waals surface area contributed by atoms with Gasteiger partial charge in [-0.05, 0) is 36.6 Å². The van der Waals surface area contributed by atoms with E-state index in [0.717, 1.165) is 56.4 Å². The highest BCUT2D eigenvalue weighted by atomic mass is 16.5. The number of ether oxygens (including phenoxy) is 1. The van der Waals surface area contributed by atoms with Crippen molar-refractivity contribution >= 4 is 0 Å². The van der Waals surface area contributed by atoms with Gasteiger partial charge in [-0.25, -0.2) is 4.98 Å². The monoisotopic (exact) mass is 372 g/mol. The molecule has 2 aromatic rings. The van der Waals surface area contributed by atoms with Gasteiger partial charge in [0.15, 0.2) is 0 Å². The summed E-state index contributed by atoms with van der Waals surface area (Å²) in [6.07, 6.45) is 4.70. The molecule has 6 heteroatoms. The molecule has 1 aliphatic heterocycles. The Balaban J connectivity index is 1.68. The Bertz CT molecular complexity index is 698. The molecule has 2 heterocycles. The summed E-state index contributed by atoms with van der Waals surface area (Å²) in [7, 11) is 1.68. The van der Waals surface area contributed by atoms with Crippen molar-refractivity contribution in [3.63, 3.8) is 0 Å². The standard InChI is InChI=1S/C21H32N4O2/c1-17(2)14-24-12-11-23(15-19(24)8-13-26)16-21-22-9-10-25(21)18-4-6-20(27-3)7-5-18/h4-7,9-10,17,19,26H,8,11-16H2,1-3H3/t19-/m1/s1. The molecule has 1 aromatic heterocycles. The number of methoxy groups -OCH3 is 1. The van der Waals surface area contributed by atoms with Crippen LogP contribution in [0.2, 0.25) is 0 Å². The molecule has 27 heavy (non-hydrogen) atoms. The Morgan fingerprint density at radius 3 is 2.67 bits per heavy atom. The molecule has 0 aliphatic carbocycles. The minimum Gasteiger partial charge on any atom is -0.497 e. The van der Waals surface area contributed by atoms with Crippen LogP contribution in [0.25, 0.3) is 5.69 Å². The van der Waals surface area contributed by atoms with Gasteiger partial charge in [0.2, 0.25) is 0 Å². The maximum atomic E-state index is 9.48. The second kappa shape index (κ2) is 9.35. The summed E-state index contributed by atoms with van der Waals surface area (Å²) >= 11 is 0. The molecule has 0 bridgehead atoms. The molecule has 1 N–H and O–H groups in total. The third-order valence-corrected chi connectivity index (χ3v) is 5.18. The minimum absolute atomic E-state index is 0.244. The van der Waals surface area contributed by atoms with E-state index in [2.05, 4.69) is 45.3 Å². The van der Waals surface area contributed by atoms with Crippen LogP contribution in [0.15, 0.2) is 36.7 Å². The summed E-state index contributed by atoms with van der Waals surface area (Å²) in [4.78, 5) is 9.59. The SMILES string of the molecule is COc1ccc(-n2ccnc2CN2CCN(CC(C)C)[C@H](CCO)C2)cc1. The van der Waals surface area contributed by atoms with Crippen molar-refractivity contribution in [2.75, 3.05) is 39.9 Å². The Labute approximate surface area is 162 Å². The Hall–Kier alpha value is -1.89. The molecule has 6 nitrogen and oxygen atoms in total. The van der Waals surface area contributed by atoms with Crippen molar-refractivity contribution in [1.82, 2.24) is 19.4 Å². The number of aliphatic hydroxyl groups excluding tert-OH is 1. The molecule has 0 amide bonds. The maximum Gasteiger partial charge on any atom is 0.127 e. The lowest BCUT2D eigenvalue weighted by atomic mass is 10.1. The highest BCUT2D eigenvalue weighted by molar-refractivity contribution is 5.38. The van der Waals surface area contributed by atoms with Crippen LogP contribution in [0.5, 0.6) is 5.75 Å². The molecule has 0 spiro atoms. The average Bonchev–Trinajstić information content (AvgIpc) is 3.12. The topological polar surface area (TPSA) is 53.8 Å². The van der Waals surface area contributed by atoms with Crippen LogP contribution in [0.1, 0.15) is 26.1 Å². The molecule has 1 fully saturated rings. The average molecular weight is 373 g/mol. The first-order valence-corrected chi connectivity index (χ1v) is 9.84. The quantitative estimate of drug-likeness (QED) is 0.771. The van der Waals surface area contributed by atoms with Gasteiger partial charge >= 0.3 is 0 Å². The van der Waals surface area contributed by atoms with Gasteiger partial charge < -0.3 is 14.4 Å². The number of imidazole rings is 1. The summed E-state index contributed by atoms with van der Waals surface area (Å²) in [5, 5.41) is 9.48. The summed E-state index contributed by atoms with van der Waals surface area (Å²) in [6, 6.07) is 8.47. The normalized spacial score (nSPS) is 18.9. The summed E-state index contributed by atoms with van der Waals surface area (Å²) in [5.74, 6) is 2.54. The highest BCUT2D eigenvalue weighted by Crippen LogP contribution is 2.20. The maximum absolute atomic E-state index is 9.48. The smallest absolute Gasteiger partial charge is 0.127 e. The number of aromatic nitrogens is 2. The van der Waals surface area contributed by atoms with Gasteiger partial charge in [0.1, 0.15) is 11.6 Å². The summed E-state index contributed by atoms with van der Waals surface area (Å²) in [6.45, 7) is 9.73. The number of hydrogen-bond donors (Lipinski definition) is 1. The van der Waals surface area contributed by atoms with E-state index in [4.69, 9.17) is 4.74 Å². The van der Waals surface area contributed by atoms with Gasteiger partial charge in [-0.15, -0.1) is 0 Å². The van der Waals surface area contributed by atoms with Crippen LogP contribution >= 0.6 is 0 Å². The number of rotatable bonds is 8. The van der Waals surface area contributed by atoms with Gasteiger partial charge in [0, 0.05) is 56.9 Å². The van der Waals surface area contributed by atoms with E-state index in [0.29, 0.717) is 12.0 Å². The fourth-order valence-corrected chi connectivity index (χ4v) is 3.86. The van der Waals surface area contributed by atoms with Gasteiger partial charge in [-0.3, -0.25) is 9.80 Å². The Kier molecular flexibility index (Phi) is 6.88. The van der Waals surface area contributed by atoms with E-state index in [1.807, 2.05) is 24.5 Å². The fraction of sp³-hybridized carbons (Fsp3) is 0.571. The van der Waals surface area contributed by atoms with E-state index in [1.54, 1.807) is 7.11 Å². The lowest BCUT2D eigenvalue weighted by Crippen LogP contribution is -2.54. The van der Waals surface area contributed by atoms with E-state index in [1.165, 1.54) is 0 Å². The van der Waals surface area contributed by atoms with Crippen molar-refractivity contribution < 1.29 is 9.84 Å². The zero-order chi connectivity index (χ0) is 19.2.